The first kappa shape index (κ1) is 12.3. The van der Waals surface area contributed by atoms with Gasteiger partial charge in [-0.2, -0.15) is 18.3 Å². The van der Waals surface area contributed by atoms with E-state index in [1.807, 2.05) is 0 Å². The minimum absolute atomic E-state index is 0.0587. The first-order valence-electron chi connectivity index (χ1n) is 4.43. The summed E-state index contributed by atoms with van der Waals surface area (Å²) in [5.41, 5.74) is 4.28. The Morgan fingerprint density at radius 1 is 1.69 bits per heavy atom. The van der Waals surface area contributed by atoms with E-state index in [1.54, 1.807) is 6.92 Å². The van der Waals surface area contributed by atoms with Gasteiger partial charge in [0.2, 0.25) is 0 Å². The van der Waals surface area contributed by atoms with Gasteiger partial charge in [-0.05, 0) is 13.0 Å². The summed E-state index contributed by atoms with van der Waals surface area (Å²) in [5, 5.41) is 14.4. The van der Waals surface area contributed by atoms with Crippen LogP contribution in [0.3, 0.4) is 0 Å². The highest BCUT2D eigenvalue weighted by Crippen LogP contribution is 2.28. The molecule has 0 bridgehead atoms. The van der Waals surface area contributed by atoms with Crippen LogP contribution in [0.5, 0.6) is 0 Å². The van der Waals surface area contributed by atoms with Gasteiger partial charge in [0.15, 0.2) is 5.69 Å². The summed E-state index contributed by atoms with van der Waals surface area (Å²) in [6, 6.07) is 0.468. The maximum absolute atomic E-state index is 12.2. The maximum Gasteiger partial charge on any atom is 0.435 e. The summed E-state index contributed by atoms with van der Waals surface area (Å²) in [7, 11) is 0. The van der Waals surface area contributed by atoms with E-state index in [9.17, 15) is 13.2 Å². The Morgan fingerprint density at radius 3 is 2.75 bits per heavy atom. The SMILES string of the molecule is CC(CC(N)=NO)n1ccc(C(F)(F)F)n1. The van der Waals surface area contributed by atoms with Crippen molar-refractivity contribution in [2.45, 2.75) is 25.6 Å². The molecule has 8 heteroatoms. The monoisotopic (exact) mass is 236 g/mol. The van der Waals surface area contributed by atoms with E-state index < -0.39 is 17.9 Å². The number of aromatic nitrogens is 2. The second-order valence-corrected chi connectivity index (χ2v) is 3.32. The van der Waals surface area contributed by atoms with Crippen LogP contribution in [-0.2, 0) is 6.18 Å². The van der Waals surface area contributed by atoms with Gasteiger partial charge >= 0.3 is 6.18 Å². The molecule has 0 amide bonds. The highest BCUT2D eigenvalue weighted by Gasteiger charge is 2.33. The van der Waals surface area contributed by atoms with Crippen LogP contribution >= 0.6 is 0 Å². The second-order valence-electron chi connectivity index (χ2n) is 3.32. The third kappa shape index (κ3) is 2.88. The van der Waals surface area contributed by atoms with Gasteiger partial charge in [-0.15, -0.1) is 0 Å². The number of nitrogens with zero attached hydrogens (tertiary/aromatic N) is 3. The fraction of sp³-hybridized carbons (Fsp3) is 0.500. The van der Waals surface area contributed by atoms with Gasteiger partial charge in [0.25, 0.3) is 0 Å². The van der Waals surface area contributed by atoms with Gasteiger partial charge in [0.05, 0.1) is 6.04 Å². The van der Waals surface area contributed by atoms with Crippen LogP contribution in [0.2, 0.25) is 0 Å². The molecule has 0 saturated heterocycles. The number of alkyl halides is 3. The molecule has 1 heterocycles. The van der Waals surface area contributed by atoms with Gasteiger partial charge in [0, 0.05) is 12.6 Å². The molecule has 0 radical (unpaired) electrons. The van der Waals surface area contributed by atoms with E-state index in [1.165, 1.54) is 6.20 Å². The number of hydrogen-bond acceptors (Lipinski definition) is 3. The largest absolute Gasteiger partial charge is 0.435 e. The van der Waals surface area contributed by atoms with Gasteiger partial charge in [-0.1, -0.05) is 5.16 Å². The number of oxime groups is 1. The molecule has 1 aromatic rings. The maximum atomic E-state index is 12.2. The standard InChI is InChI=1S/C8H11F3N4O/c1-5(4-7(12)14-16)15-3-2-6(13-15)8(9,10)11/h2-3,5,16H,4H2,1H3,(H2,12,14). The molecule has 0 saturated carbocycles. The number of halogens is 3. The lowest BCUT2D eigenvalue weighted by Gasteiger charge is -2.10. The van der Waals surface area contributed by atoms with Crippen molar-refractivity contribution in [3.05, 3.63) is 18.0 Å². The zero-order valence-corrected chi connectivity index (χ0v) is 8.44. The molecule has 0 aliphatic heterocycles. The van der Waals surface area contributed by atoms with Crippen molar-refractivity contribution in [2.24, 2.45) is 10.9 Å². The third-order valence-electron chi connectivity index (χ3n) is 1.98. The highest BCUT2D eigenvalue weighted by molar-refractivity contribution is 5.79. The number of amidine groups is 1. The number of nitrogens with two attached hydrogens (primary N) is 1. The first-order valence-corrected chi connectivity index (χ1v) is 4.43. The third-order valence-corrected chi connectivity index (χ3v) is 1.98. The summed E-state index contributed by atoms with van der Waals surface area (Å²) in [4.78, 5) is 0. The van der Waals surface area contributed by atoms with Crippen LogP contribution < -0.4 is 5.73 Å². The smallest absolute Gasteiger partial charge is 0.409 e. The van der Waals surface area contributed by atoms with Crippen LogP contribution in [-0.4, -0.2) is 20.8 Å². The number of hydrogen-bond donors (Lipinski definition) is 2. The normalized spacial score (nSPS) is 15.1. The molecule has 1 aromatic heterocycles. The average Bonchev–Trinajstić information content (AvgIpc) is 2.65. The van der Waals surface area contributed by atoms with Crippen molar-refractivity contribution in [1.29, 1.82) is 0 Å². The van der Waals surface area contributed by atoms with Crippen LogP contribution in [0, 0.1) is 0 Å². The van der Waals surface area contributed by atoms with E-state index in [0.29, 0.717) is 0 Å². The summed E-state index contributed by atoms with van der Waals surface area (Å²) < 4.78 is 37.8. The molecule has 0 spiro atoms. The van der Waals surface area contributed by atoms with Crippen molar-refractivity contribution >= 4 is 5.84 Å². The minimum Gasteiger partial charge on any atom is -0.409 e. The molecule has 1 atom stereocenters. The van der Waals surface area contributed by atoms with E-state index >= 15 is 0 Å². The van der Waals surface area contributed by atoms with Crippen molar-refractivity contribution in [3.63, 3.8) is 0 Å². The Labute approximate surface area is 89.3 Å². The summed E-state index contributed by atoms with van der Waals surface area (Å²) in [6.07, 6.45) is -3.13. The fourth-order valence-electron chi connectivity index (χ4n) is 1.17. The lowest BCUT2D eigenvalue weighted by molar-refractivity contribution is -0.141. The average molecular weight is 236 g/mol. The van der Waals surface area contributed by atoms with E-state index in [2.05, 4.69) is 10.3 Å². The number of rotatable bonds is 3. The van der Waals surface area contributed by atoms with Crippen molar-refractivity contribution in [3.8, 4) is 0 Å². The van der Waals surface area contributed by atoms with Gasteiger partial charge in [0.1, 0.15) is 5.84 Å². The molecule has 90 valence electrons. The quantitative estimate of drug-likeness (QED) is 0.362. The summed E-state index contributed by atoms with van der Waals surface area (Å²) in [6.45, 7) is 1.62. The molecule has 16 heavy (non-hydrogen) atoms. The zero-order valence-electron chi connectivity index (χ0n) is 8.44. The van der Waals surface area contributed by atoms with Crippen molar-refractivity contribution in [2.75, 3.05) is 0 Å². The van der Waals surface area contributed by atoms with E-state index in [0.717, 1.165) is 10.7 Å². The van der Waals surface area contributed by atoms with Gasteiger partial charge in [-0.25, -0.2) is 0 Å². The Kier molecular flexibility index (Phi) is 3.41. The first-order chi connectivity index (χ1) is 7.34. The predicted octanol–water partition coefficient (Wildman–Crippen LogP) is 1.60. The molecular formula is C8H11F3N4O. The Balaban J connectivity index is 2.78. The lowest BCUT2D eigenvalue weighted by atomic mass is 10.2. The van der Waals surface area contributed by atoms with E-state index in [4.69, 9.17) is 10.9 Å². The molecule has 0 aliphatic rings. The van der Waals surface area contributed by atoms with Gasteiger partial charge in [-0.3, -0.25) is 4.68 Å². The summed E-state index contributed by atoms with van der Waals surface area (Å²) in [5.74, 6) is -0.0587. The van der Waals surface area contributed by atoms with E-state index in [-0.39, 0.29) is 12.3 Å². The van der Waals surface area contributed by atoms with Crippen LogP contribution in [0.4, 0.5) is 13.2 Å². The molecule has 5 nitrogen and oxygen atoms in total. The van der Waals surface area contributed by atoms with Crippen molar-refractivity contribution < 1.29 is 18.4 Å². The second kappa shape index (κ2) is 4.42. The molecule has 1 unspecified atom stereocenters. The molecular weight excluding hydrogens is 225 g/mol. The van der Waals surface area contributed by atoms with Crippen LogP contribution in [0.1, 0.15) is 25.1 Å². The Morgan fingerprint density at radius 2 is 2.31 bits per heavy atom. The molecule has 0 aromatic carbocycles. The molecule has 3 N–H and O–H groups in total. The molecule has 0 aliphatic carbocycles. The Bertz CT molecular complexity index is 385. The molecule has 0 fully saturated rings. The Hall–Kier alpha value is -1.73. The van der Waals surface area contributed by atoms with Gasteiger partial charge < -0.3 is 10.9 Å². The van der Waals surface area contributed by atoms with Crippen LogP contribution in [0.25, 0.3) is 0 Å². The van der Waals surface area contributed by atoms with Crippen LogP contribution in [0.15, 0.2) is 17.4 Å². The minimum atomic E-state index is -4.46. The fourth-order valence-corrected chi connectivity index (χ4v) is 1.17. The topological polar surface area (TPSA) is 76.4 Å². The predicted molar refractivity (Wildman–Crippen MR) is 50.0 cm³/mol. The zero-order chi connectivity index (χ0) is 12.3. The lowest BCUT2D eigenvalue weighted by Crippen LogP contribution is -2.19. The summed E-state index contributed by atoms with van der Waals surface area (Å²) >= 11 is 0. The molecule has 1 rings (SSSR count). The highest BCUT2D eigenvalue weighted by atomic mass is 19.4. The van der Waals surface area contributed by atoms with Crippen molar-refractivity contribution in [1.82, 2.24) is 9.78 Å².